The SMILES string of the molecule is [CH2]CCCCCCCCCC=C(C)C. The average Bonchev–Trinajstić information content (AvgIpc) is 2.15. The molecule has 0 spiro atoms. The lowest BCUT2D eigenvalue weighted by atomic mass is 10.1. The van der Waals surface area contributed by atoms with Crippen molar-refractivity contribution in [3.63, 3.8) is 0 Å². The van der Waals surface area contributed by atoms with E-state index in [2.05, 4.69) is 26.8 Å². The molecule has 0 aliphatic rings. The summed E-state index contributed by atoms with van der Waals surface area (Å²) in [5, 5.41) is 0. The van der Waals surface area contributed by atoms with Gasteiger partial charge >= 0.3 is 0 Å². The smallest absolute Gasteiger partial charge is 0.0348 e. The second kappa shape index (κ2) is 10.8. The van der Waals surface area contributed by atoms with E-state index in [0.717, 1.165) is 6.42 Å². The van der Waals surface area contributed by atoms with Gasteiger partial charge in [0.2, 0.25) is 0 Å². The topological polar surface area (TPSA) is 0 Å². The molecule has 0 aliphatic carbocycles. The van der Waals surface area contributed by atoms with Crippen LogP contribution in [0.4, 0.5) is 0 Å². The Morgan fingerprint density at radius 3 is 1.86 bits per heavy atom. The number of hydrogen-bond acceptors (Lipinski definition) is 0. The van der Waals surface area contributed by atoms with Crippen LogP contribution < -0.4 is 0 Å². The Hall–Kier alpha value is -0.260. The third kappa shape index (κ3) is 11.7. The highest BCUT2D eigenvalue weighted by molar-refractivity contribution is 4.92. The van der Waals surface area contributed by atoms with Crippen molar-refractivity contribution in [2.75, 3.05) is 0 Å². The fraction of sp³-hybridized carbons (Fsp3) is 0.786. The van der Waals surface area contributed by atoms with Crippen LogP contribution in [0.3, 0.4) is 0 Å². The Morgan fingerprint density at radius 1 is 0.857 bits per heavy atom. The van der Waals surface area contributed by atoms with Crippen LogP contribution in [0.25, 0.3) is 0 Å². The minimum Gasteiger partial charge on any atom is -0.0859 e. The molecule has 0 atom stereocenters. The van der Waals surface area contributed by atoms with E-state index in [4.69, 9.17) is 0 Å². The van der Waals surface area contributed by atoms with Gasteiger partial charge in [0.25, 0.3) is 0 Å². The van der Waals surface area contributed by atoms with Gasteiger partial charge in [0, 0.05) is 0 Å². The molecule has 0 nitrogen and oxygen atoms in total. The van der Waals surface area contributed by atoms with E-state index in [1.807, 2.05) is 0 Å². The molecule has 0 aliphatic heterocycles. The van der Waals surface area contributed by atoms with Crippen molar-refractivity contribution in [2.24, 2.45) is 0 Å². The maximum atomic E-state index is 3.85. The van der Waals surface area contributed by atoms with Crippen LogP contribution in [0.2, 0.25) is 0 Å². The van der Waals surface area contributed by atoms with Crippen molar-refractivity contribution in [1.82, 2.24) is 0 Å². The van der Waals surface area contributed by atoms with Crippen LogP contribution >= 0.6 is 0 Å². The first-order valence-electron chi connectivity index (χ1n) is 6.20. The van der Waals surface area contributed by atoms with E-state index in [9.17, 15) is 0 Å². The van der Waals surface area contributed by atoms with Gasteiger partial charge in [-0.2, -0.15) is 0 Å². The molecule has 0 unspecified atom stereocenters. The first-order chi connectivity index (χ1) is 6.77. The monoisotopic (exact) mass is 195 g/mol. The molecule has 0 amide bonds. The molecular formula is C14H27. The molecule has 0 aromatic heterocycles. The minimum atomic E-state index is 1.11. The normalized spacial score (nSPS) is 10.2. The number of allylic oxidation sites excluding steroid dienone is 2. The Balaban J connectivity index is 2.96. The van der Waals surface area contributed by atoms with E-state index >= 15 is 0 Å². The third-order valence-corrected chi connectivity index (χ3v) is 2.51. The molecule has 83 valence electrons. The van der Waals surface area contributed by atoms with Crippen molar-refractivity contribution in [1.29, 1.82) is 0 Å². The third-order valence-electron chi connectivity index (χ3n) is 2.51. The standard InChI is InChI=1S/C14H27/c1-4-5-6-7-8-9-10-11-12-13-14(2)3/h13H,1,4-12H2,2-3H3. The predicted octanol–water partition coefficient (Wildman–Crippen LogP) is 5.30. The molecule has 0 heterocycles. The largest absolute Gasteiger partial charge is 0.0859 e. The number of hydrogen-bond donors (Lipinski definition) is 0. The highest BCUT2D eigenvalue weighted by Gasteiger charge is 1.90. The summed E-state index contributed by atoms with van der Waals surface area (Å²) in [6.45, 7) is 8.21. The summed E-state index contributed by atoms with van der Waals surface area (Å²) in [4.78, 5) is 0. The summed E-state index contributed by atoms with van der Waals surface area (Å²) in [6.07, 6.45) is 14.5. The van der Waals surface area contributed by atoms with Crippen LogP contribution in [-0.4, -0.2) is 0 Å². The van der Waals surface area contributed by atoms with Crippen molar-refractivity contribution >= 4 is 0 Å². The molecule has 0 N–H and O–H groups in total. The van der Waals surface area contributed by atoms with Crippen molar-refractivity contribution in [3.05, 3.63) is 18.6 Å². The van der Waals surface area contributed by atoms with E-state index in [1.165, 1.54) is 56.9 Å². The highest BCUT2D eigenvalue weighted by Crippen LogP contribution is 2.10. The number of unbranched alkanes of at least 4 members (excludes halogenated alkanes) is 8. The summed E-state index contributed by atoms with van der Waals surface area (Å²) in [7, 11) is 0. The Morgan fingerprint density at radius 2 is 1.36 bits per heavy atom. The molecular weight excluding hydrogens is 168 g/mol. The first-order valence-corrected chi connectivity index (χ1v) is 6.20. The fourth-order valence-corrected chi connectivity index (χ4v) is 1.60. The van der Waals surface area contributed by atoms with Gasteiger partial charge in [0.05, 0.1) is 0 Å². The fourth-order valence-electron chi connectivity index (χ4n) is 1.60. The summed E-state index contributed by atoms with van der Waals surface area (Å²) in [6, 6.07) is 0. The van der Waals surface area contributed by atoms with Gasteiger partial charge in [0.15, 0.2) is 0 Å². The van der Waals surface area contributed by atoms with Crippen LogP contribution in [0, 0.1) is 6.92 Å². The molecule has 0 saturated carbocycles. The van der Waals surface area contributed by atoms with Crippen LogP contribution in [-0.2, 0) is 0 Å². The minimum absolute atomic E-state index is 1.11. The van der Waals surface area contributed by atoms with Gasteiger partial charge in [-0.25, -0.2) is 0 Å². The lowest BCUT2D eigenvalue weighted by molar-refractivity contribution is 0.583. The highest BCUT2D eigenvalue weighted by atomic mass is 14.0. The molecule has 0 fully saturated rings. The zero-order valence-corrected chi connectivity index (χ0v) is 10.1. The average molecular weight is 195 g/mol. The van der Waals surface area contributed by atoms with E-state index < -0.39 is 0 Å². The van der Waals surface area contributed by atoms with Crippen molar-refractivity contribution in [3.8, 4) is 0 Å². The van der Waals surface area contributed by atoms with Gasteiger partial charge < -0.3 is 0 Å². The summed E-state index contributed by atoms with van der Waals surface area (Å²) < 4.78 is 0. The first kappa shape index (κ1) is 13.7. The lowest BCUT2D eigenvalue weighted by Crippen LogP contribution is -1.80. The summed E-state index contributed by atoms with van der Waals surface area (Å²) in [5.74, 6) is 0. The van der Waals surface area contributed by atoms with Crippen LogP contribution in [0.15, 0.2) is 11.6 Å². The molecule has 0 saturated heterocycles. The zero-order valence-electron chi connectivity index (χ0n) is 10.1. The predicted molar refractivity (Wildman–Crippen MR) is 66.3 cm³/mol. The van der Waals surface area contributed by atoms with Crippen molar-refractivity contribution < 1.29 is 0 Å². The van der Waals surface area contributed by atoms with Gasteiger partial charge in [0.1, 0.15) is 0 Å². The molecule has 0 rings (SSSR count). The second-order valence-corrected chi connectivity index (χ2v) is 4.40. The molecule has 0 bridgehead atoms. The Bertz CT molecular complexity index is 129. The lowest BCUT2D eigenvalue weighted by Gasteiger charge is -2.00. The molecule has 0 aromatic rings. The maximum Gasteiger partial charge on any atom is -0.0348 e. The van der Waals surface area contributed by atoms with Crippen molar-refractivity contribution in [2.45, 2.75) is 71.6 Å². The molecule has 0 heteroatoms. The van der Waals surface area contributed by atoms with E-state index in [1.54, 1.807) is 0 Å². The maximum absolute atomic E-state index is 3.85. The zero-order chi connectivity index (χ0) is 10.6. The second-order valence-electron chi connectivity index (χ2n) is 4.40. The quantitative estimate of drug-likeness (QED) is 0.346. The van der Waals surface area contributed by atoms with E-state index in [0.29, 0.717) is 0 Å². The van der Waals surface area contributed by atoms with Gasteiger partial charge in [-0.05, 0) is 26.7 Å². The van der Waals surface area contributed by atoms with E-state index in [-0.39, 0.29) is 0 Å². The molecule has 0 aromatic carbocycles. The van der Waals surface area contributed by atoms with Gasteiger partial charge in [-0.1, -0.05) is 63.5 Å². The van der Waals surface area contributed by atoms with Gasteiger partial charge in [-0.3, -0.25) is 0 Å². The summed E-state index contributed by atoms with van der Waals surface area (Å²) in [5.41, 5.74) is 1.46. The molecule has 14 heavy (non-hydrogen) atoms. The Kier molecular flexibility index (Phi) is 10.6. The Labute approximate surface area is 90.8 Å². The van der Waals surface area contributed by atoms with Gasteiger partial charge in [-0.15, -0.1) is 0 Å². The summed E-state index contributed by atoms with van der Waals surface area (Å²) >= 11 is 0. The number of rotatable bonds is 9. The van der Waals surface area contributed by atoms with Crippen LogP contribution in [0.5, 0.6) is 0 Å². The van der Waals surface area contributed by atoms with Crippen LogP contribution in [0.1, 0.15) is 71.6 Å². The molecule has 1 radical (unpaired) electrons.